The van der Waals surface area contributed by atoms with Gasteiger partial charge in [-0.1, -0.05) is 25.7 Å². The average Bonchev–Trinajstić information content (AvgIpc) is 2.56. The zero-order chi connectivity index (χ0) is 11.8. The Balaban J connectivity index is 1.93. The molecule has 4 heteroatoms. The quantitative estimate of drug-likeness (QED) is 0.527. The molecule has 0 aromatic carbocycles. The number of halogens is 1. The highest BCUT2D eigenvalue weighted by molar-refractivity contribution is 6.22. The van der Waals surface area contributed by atoms with E-state index in [2.05, 4.69) is 0 Å². The van der Waals surface area contributed by atoms with Gasteiger partial charge < -0.3 is 10.6 Å². The molecule has 1 amide bonds. The fourth-order valence-electron chi connectivity index (χ4n) is 2.09. The summed E-state index contributed by atoms with van der Waals surface area (Å²) in [6, 6.07) is 0. The van der Waals surface area contributed by atoms with Gasteiger partial charge in [0.25, 0.3) is 0 Å². The Morgan fingerprint density at radius 3 is 2.38 bits per heavy atom. The van der Waals surface area contributed by atoms with Gasteiger partial charge in [0.15, 0.2) is 0 Å². The number of likely N-dealkylation sites (tertiary alicyclic amines) is 1. The molecule has 0 aromatic heterocycles. The highest BCUT2D eigenvalue weighted by Crippen LogP contribution is 2.17. The summed E-state index contributed by atoms with van der Waals surface area (Å²) in [7, 11) is 0. The van der Waals surface area contributed by atoms with Crippen molar-refractivity contribution in [3.05, 3.63) is 0 Å². The number of nitrogens with two attached hydrogens (primary N) is 1. The minimum atomic E-state index is 0.0389. The van der Waals surface area contributed by atoms with Crippen molar-refractivity contribution in [2.24, 2.45) is 5.73 Å². The summed E-state index contributed by atoms with van der Waals surface area (Å²) in [6.07, 6.45) is 7.74. The number of hydrogen-bond acceptors (Lipinski definition) is 2. The number of carbonyl (C=O) groups is 1. The first kappa shape index (κ1) is 13.8. The molecule has 1 saturated heterocycles. The predicted molar refractivity (Wildman–Crippen MR) is 67.6 cm³/mol. The maximum Gasteiger partial charge on any atom is 0.224 e. The highest BCUT2D eigenvalue weighted by atomic mass is 35.5. The molecule has 1 rings (SSSR count). The van der Waals surface area contributed by atoms with Gasteiger partial charge in [0, 0.05) is 19.5 Å². The van der Waals surface area contributed by atoms with Gasteiger partial charge in [-0.05, 0) is 19.4 Å². The van der Waals surface area contributed by atoms with Crippen molar-refractivity contribution in [2.75, 3.05) is 19.6 Å². The lowest BCUT2D eigenvalue weighted by Gasteiger charge is -2.15. The van der Waals surface area contributed by atoms with Crippen LogP contribution in [0.3, 0.4) is 0 Å². The molecule has 1 fully saturated rings. The Hall–Kier alpha value is -0.280. The molecule has 1 unspecified atom stereocenters. The van der Waals surface area contributed by atoms with Gasteiger partial charge in [-0.2, -0.15) is 0 Å². The third-order valence-corrected chi connectivity index (χ3v) is 3.34. The first-order valence-electron chi connectivity index (χ1n) is 6.36. The maximum absolute atomic E-state index is 11.4. The van der Waals surface area contributed by atoms with E-state index in [9.17, 15) is 4.79 Å². The number of alkyl halides is 1. The molecule has 1 heterocycles. The largest absolute Gasteiger partial charge is 0.341 e. The van der Waals surface area contributed by atoms with E-state index >= 15 is 0 Å². The van der Waals surface area contributed by atoms with Crippen molar-refractivity contribution < 1.29 is 4.79 Å². The van der Waals surface area contributed by atoms with Crippen LogP contribution in [-0.4, -0.2) is 35.8 Å². The summed E-state index contributed by atoms with van der Waals surface area (Å²) in [6.45, 7) is 2.44. The summed E-state index contributed by atoms with van der Waals surface area (Å²) < 4.78 is 0. The minimum absolute atomic E-state index is 0.0389. The van der Waals surface area contributed by atoms with Crippen LogP contribution in [0.15, 0.2) is 0 Å². The average molecular weight is 247 g/mol. The number of unbranched alkanes of at least 4 members (excludes halogenated alkanes) is 5. The lowest BCUT2D eigenvalue weighted by molar-refractivity contribution is -0.127. The van der Waals surface area contributed by atoms with Crippen molar-refractivity contribution in [1.29, 1.82) is 0 Å². The molecule has 0 radical (unpaired) electrons. The molecule has 3 nitrogen and oxygen atoms in total. The Morgan fingerprint density at radius 1 is 1.19 bits per heavy atom. The lowest BCUT2D eigenvalue weighted by atomic mass is 10.1. The van der Waals surface area contributed by atoms with E-state index in [1.54, 1.807) is 0 Å². The third kappa shape index (κ3) is 5.17. The van der Waals surface area contributed by atoms with Crippen molar-refractivity contribution in [3.63, 3.8) is 0 Å². The van der Waals surface area contributed by atoms with Crippen molar-refractivity contribution in [3.8, 4) is 0 Å². The third-order valence-electron chi connectivity index (χ3n) is 3.05. The van der Waals surface area contributed by atoms with Gasteiger partial charge in [0.05, 0.1) is 5.38 Å². The Bertz CT molecular complexity index is 211. The standard InChI is InChI=1S/C12H23ClN2O/c13-11-9-12(16)15(10-11)8-6-4-2-1-3-5-7-14/h11H,1-10,14H2. The molecule has 0 aliphatic carbocycles. The Kier molecular flexibility index (Phi) is 6.81. The molecule has 0 spiro atoms. The highest BCUT2D eigenvalue weighted by Gasteiger charge is 2.26. The molecule has 16 heavy (non-hydrogen) atoms. The van der Waals surface area contributed by atoms with Crippen LogP contribution in [0.4, 0.5) is 0 Å². The second-order valence-corrected chi connectivity index (χ2v) is 5.17. The van der Waals surface area contributed by atoms with Crippen LogP contribution in [0.1, 0.15) is 44.9 Å². The van der Waals surface area contributed by atoms with Crippen LogP contribution in [0.25, 0.3) is 0 Å². The minimum Gasteiger partial charge on any atom is -0.341 e. The van der Waals surface area contributed by atoms with E-state index in [1.165, 1.54) is 25.7 Å². The summed E-state index contributed by atoms with van der Waals surface area (Å²) in [5, 5.41) is 0.0389. The number of nitrogens with zero attached hydrogens (tertiary/aromatic N) is 1. The van der Waals surface area contributed by atoms with E-state index in [1.807, 2.05) is 4.90 Å². The summed E-state index contributed by atoms with van der Waals surface area (Å²) in [4.78, 5) is 13.3. The SMILES string of the molecule is NCCCCCCCCN1CC(Cl)CC1=O. The van der Waals surface area contributed by atoms with E-state index in [-0.39, 0.29) is 11.3 Å². The first-order chi connectivity index (χ1) is 7.74. The molecule has 1 aliphatic heterocycles. The van der Waals surface area contributed by atoms with Gasteiger partial charge in [-0.3, -0.25) is 4.79 Å². The van der Waals surface area contributed by atoms with Crippen molar-refractivity contribution in [2.45, 2.75) is 50.3 Å². The maximum atomic E-state index is 11.4. The van der Waals surface area contributed by atoms with Crippen molar-refractivity contribution in [1.82, 2.24) is 4.90 Å². The first-order valence-corrected chi connectivity index (χ1v) is 6.79. The molecular formula is C12H23ClN2O. The van der Waals surface area contributed by atoms with Crippen LogP contribution in [0.2, 0.25) is 0 Å². The molecule has 0 bridgehead atoms. The van der Waals surface area contributed by atoms with Crippen LogP contribution < -0.4 is 5.73 Å². The van der Waals surface area contributed by atoms with Crippen LogP contribution in [-0.2, 0) is 4.79 Å². The Labute approximate surface area is 103 Å². The normalized spacial score (nSPS) is 20.8. The molecule has 0 saturated carbocycles. The van der Waals surface area contributed by atoms with E-state index in [4.69, 9.17) is 17.3 Å². The molecule has 94 valence electrons. The lowest BCUT2D eigenvalue weighted by Crippen LogP contribution is -2.26. The fourth-order valence-corrected chi connectivity index (χ4v) is 2.39. The number of amides is 1. The topological polar surface area (TPSA) is 46.3 Å². The van der Waals surface area contributed by atoms with E-state index in [0.717, 1.165) is 32.5 Å². The van der Waals surface area contributed by atoms with Crippen LogP contribution in [0, 0.1) is 0 Å². The molecule has 1 aliphatic rings. The molecule has 2 N–H and O–H groups in total. The number of hydrogen-bond donors (Lipinski definition) is 1. The predicted octanol–water partition coefficient (Wildman–Crippen LogP) is 2.13. The van der Waals surface area contributed by atoms with Gasteiger partial charge in [-0.25, -0.2) is 0 Å². The zero-order valence-electron chi connectivity index (χ0n) is 9.96. The zero-order valence-corrected chi connectivity index (χ0v) is 10.7. The van der Waals surface area contributed by atoms with E-state index in [0.29, 0.717) is 6.42 Å². The van der Waals surface area contributed by atoms with Crippen LogP contribution in [0.5, 0.6) is 0 Å². The number of rotatable bonds is 8. The second kappa shape index (κ2) is 7.91. The molecular weight excluding hydrogens is 224 g/mol. The fraction of sp³-hybridized carbons (Fsp3) is 0.917. The summed E-state index contributed by atoms with van der Waals surface area (Å²) in [5.74, 6) is 0.225. The summed E-state index contributed by atoms with van der Waals surface area (Å²) in [5.41, 5.74) is 5.42. The molecule has 0 aromatic rings. The summed E-state index contributed by atoms with van der Waals surface area (Å²) >= 11 is 5.92. The van der Waals surface area contributed by atoms with Gasteiger partial charge in [0.2, 0.25) is 5.91 Å². The van der Waals surface area contributed by atoms with Gasteiger partial charge in [0.1, 0.15) is 0 Å². The van der Waals surface area contributed by atoms with Gasteiger partial charge in [-0.15, -0.1) is 11.6 Å². The Morgan fingerprint density at radius 2 is 1.81 bits per heavy atom. The number of carbonyl (C=O) groups excluding carboxylic acids is 1. The van der Waals surface area contributed by atoms with Crippen LogP contribution >= 0.6 is 11.6 Å². The van der Waals surface area contributed by atoms with Crippen molar-refractivity contribution >= 4 is 17.5 Å². The molecule has 1 atom stereocenters. The monoisotopic (exact) mass is 246 g/mol. The second-order valence-electron chi connectivity index (χ2n) is 4.55. The van der Waals surface area contributed by atoms with E-state index < -0.39 is 0 Å². The van der Waals surface area contributed by atoms with Gasteiger partial charge >= 0.3 is 0 Å². The smallest absolute Gasteiger partial charge is 0.224 e.